The molecular weight excluding hydrogens is 316 g/mol. The van der Waals surface area contributed by atoms with Crippen LogP contribution in [0.15, 0.2) is 18.2 Å². The van der Waals surface area contributed by atoms with E-state index in [-0.39, 0.29) is 18.1 Å². The van der Waals surface area contributed by atoms with E-state index in [9.17, 15) is 9.90 Å². The Balaban J connectivity index is 1.68. The van der Waals surface area contributed by atoms with E-state index in [0.717, 1.165) is 29.0 Å². The number of amides is 2. The molecule has 6 heteroatoms. The van der Waals surface area contributed by atoms with Crippen molar-refractivity contribution in [3.63, 3.8) is 0 Å². The number of urea groups is 1. The van der Waals surface area contributed by atoms with Crippen molar-refractivity contribution in [2.45, 2.75) is 44.4 Å². The predicted octanol–water partition coefficient (Wildman–Crippen LogP) is 2.51. The number of carbonyl (C=O) groups excluding carboxylic acids is 1. The average Bonchev–Trinajstić information content (AvgIpc) is 2.92. The van der Waals surface area contributed by atoms with Crippen molar-refractivity contribution in [3.05, 3.63) is 34.3 Å². The van der Waals surface area contributed by atoms with Crippen LogP contribution in [0.5, 0.6) is 0 Å². The third kappa shape index (κ3) is 3.62. The molecule has 1 saturated heterocycles. The fraction of sp³-hybridized carbons (Fsp3) is 0.588. The molecule has 1 aliphatic heterocycles. The molecule has 0 saturated carbocycles. The van der Waals surface area contributed by atoms with E-state index in [1.165, 1.54) is 0 Å². The van der Waals surface area contributed by atoms with Crippen LogP contribution in [0.3, 0.4) is 0 Å². The van der Waals surface area contributed by atoms with Crippen molar-refractivity contribution in [1.29, 1.82) is 0 Å². The molecule has 1 fully saturated rings. The molecule has 5 nitrogen and oxygen atoms in total. The molecule has 1 heterocycles. The van der Waals surface area contributed by atoms with E-state index in [0.29, 0.717) is 26.2 Å². The second kappa shape index (κ2) is 7.07. The van der Waals surface area contributed by atoms with Crippen LogP contribution in [0.2, 0.25) is 5.02 Å². The van der Waals surface area contributed by atoms with Gasteiger partial charge in [-0.2, -0.15) is 0 Å². The maximum absolute atomic E-state index is 12.7. The van der Waals surface area contributed by atoms with Gasteiger partial charge in [-0.05, 0) is 43.4 Å². The number of hydrogen-bond acceptors (Lipinski definition) is 3. The average molecular weight is 339 g/mol. The van der Waals surface area contributed by atoms with Crippen LogP contribution < -0.4 is 5.32 Å². The highest BCUT2D eigenvalue weighted by molar-refractivity contribution is 6.31. The summed E-state index contributed by atoms with van der Waals surface area (Å²) >= 11 is 6.23. The van der Waals surface area contributed by atoms with Crippen molar-refractivity contribution in [2.75, 3.05) is 19.8 Å². The Morgan fingerprint density at radius 3 is 3.17 bits per heavy atom. The number of rotatable bonds is 3. The number of benzene rings is 1. The number of morpholine rings is 1. The molecule has 0 aromatic heterocycles. The number of nitrogens with zero attached hydrogens (tertiary/aromatic N) is 1. The summed E-state index contributed by atoms with van der Waals surface area (Å²) in [4.78, 5) is 14.5. The van der Waals surface area contributed by atoms with Gasteiger partial charge in [0.05, 0.1) is 31.4 Å². The van der Waals surface area contributed by atoms with Gasteiger partial charge < -0.3 is 20.1 Å². The quantitative estimate of drug-likeness (QED) is 0.890. The van der Waals surface area contributed by atoms with Crippen LogP contribution in [-0.2, 0) is 11.2 Å². The van der Waals surface area contributed by atoms with Crippen LogP contribution in [0, 0.1) is 0 Å². The Bertz CT molecular complexity index is 579. The monoisotopic (exact) mass is 338 g/mol. The lowest BCUT2D eigenvalue weighted by Crippen LogP contribution is -2.53. The maximum atomic E-state index is 12.7. The Labute approximate surface area is 141 Å². The molecule has 2 N–H and O–H groups in total. The summed E-state index contributed by atoms with van der Waals surface area (Å²) in [5.41, 5.74) is 2.26. The van der Waals surface area contributed by atoms with Gasteiger partial charge >= 0.3 is 6.03 Å². The Hall–Kier alpha value is -1.30. The molecule has 1 aromatic rings. The van der Waals surface area contributed by atoms with Gasteiger partial charge in [-0.15, -0.1) is 0 Å². The van der Waals surface area contributed by atoms with Crippen LogP contribution >= 0.6 is 11.6 Å². The highest BCUT2D eigenvalue weighted by atomic mass is 35.5. The number of nitrogens with one attached hydrogen (secondary N) is 1. The molecule has 23 heavy (non-hydrogen) atoms. The molecule has 0 radical (unpaired) electrons. The molecule has 1 aliphatic carbocycles. The zero-order valence-corrected chi connectivity index (χ0v) is 14.1. The van der Waals surface area contributed by atoms with E-state index < -0.39 is 6.10 Å². The van der Waals surface area contributed by atoms with Gasteiger partial charge in [-0.3, -0.25) is 0 Å². The van der Waals surface area contributed by atoms with E-state index in [2.05, 4.69) is 5.32 Å². The fourth-order valence-electron chi connectivity index (χ4n) is 3.50. The number of ether oxygens (including phenoxy) is 1. The lowest BCUT2D eigenvalue weighted by Gasteiger charge is -2.37. The van der Waals surface area contributed by atoms with E-state index in [1.807, 2.05) is 18.2 Å². The van der Waals surface area contributed by atoms with Crippen molar-refractivity contribution in [3.8, 4) is 0 Å². The van der Waals surface area contributed by atoms with E-state index in [1.54, 1.807) is 11.8 Å². The fourth-order valence-corrected chi connectivity index (χ4v) is 3.78. The zero-order valence-electron chi connectivity index (χ0n) is 13.3. The SMILES string of the molecule is C[C@H](O)C[C@H]1COCCN1C(=O)N[C@@H]1CCc2c(Cl)cccc21. The summed E-state index contributed by atoms with van der Waals surface area (Å²) in [6.07, 6.45) is 1.83. The highest BCUT2D eigenvalue weighted by Crippen LogP contribution is 2.35. The summed E-state index contributed by atoms with van der Waals surface area (Å²) in [6.45, 7) is 3.31. The lowest BCUT2D eigenvalue weighted by molar-refractivity contribution is -0.00482. The molecule has 1 aromatic carbocycles. The number of carbonyl (C=O) groups is 1. The van der Waals surface area contributed by atoms with Crippen molar-refractivity contribution in [1.82, 2.24) is 10.2 Å². The number of hydrogen-bond donors (Lipinski definition) is 2. The minimum Gasteiger partial charge on any atom is -0.393 e. The zero-order chi connectivity index (χ0) is 16.4. The maximum Gasteiger partial charge on any atom is 0.318 e. The summed E-state index contributed by atoms with van der Waals surface area (Å²) < 4.78 is 5.46. The van der Waals surface area contributed by atoms with Gasteiger partial charge in [-0.25, -0.2) is 4.79 Å². The van der Waals surface area contributed by atoms with Crippen LogP contribution in [0.25, 0.3) is 0 Å². The number of aliphatic hydroxyl groups is 1. The molecular formula is C17H23ClN2O3. The summed E-state index contributed by atoms with van der Waals surface area (Å²) in [5, 5.41) is 13.5. The minimum absolute atomic E-state index is 0.00578. The first-order chi connectivity index (χ1) is 11.1. The normalized spacial score (nSPS) is 25.1. The van der Waals surface area contributed by atoms with E-state index in [4.69, 9.17) is 16.3 Å². The smallest absolute Gasteiger partial charge is 0.318 e. The third-order valence-corrected chi connectivity index (χ3v) is 4.97. The van der Waals surface area contributed by atoms with E-state index >= 15 is 0 Å². The van der Waals surface area contributed by atoms with Crippen molar-refractivity contribution >= 4 is 17.6 Å². The number of fused-ring (bicyclic) bond motifs is 1. The lowest BCUT2D eigenvalue weighted by atomic mass is 10.1. The highest BCUT2D eigenvalue weighted by Gasteiger charge is 2.31. The molecule has 2 amide bonds. The number of halogens is 1. The van der Waals surface area contributed by atoms with Crippen LogP contribution in [0.4, 0.5) is 4.79 Å². The molecule has 0 spiro atoms. The Morgan fingerprint density at radius 1 is 1.57 bits per heavy atom. The second-order valence-electron chi connectivity index (χ2n) is 6.36. The first-order valence-corrected chi connectivity index (χ1v) is 8.54. The van der Waals surface area contributed by atoms with Crippen molar-refractivity contribution < 1.29 is 14.6 Å². The molecule has 3 rings (SSSR count). The molecule has 3 atom stereocenters. The van der Waals surface area contributed by atoms with Crippen molar-refractivity contribution in [2.24, 2.45) is 0 Å². The minimum atomic E-state index is -0.456. The Morgan fingerprint density at radius 2 is 2.39 bits per heavy atom. The van der Waals surface area contributed by atoms with Gasteiger partial charge in [0.15, 0.2) is 0 Å². The standard InChI is InChI=1S/C17H23ClN2O3/c1-11(21)9-12-10-23-8-7-20(12)17(22)19-16-6-5-13-14(16)3-2-4-15(13)18/h2-4,11-12,16,21H,5-10H2,1H3,(H,19,22)/t11-,12-,16+/m0/s1. The first-order valence-electron chi connectivity index (χ1n) is 8.16. The van der Waals surface area contributed by atoms with Gasteiger partial charge in [0, 0.05) is 11.6 Å². The van der Waals surface area contributed by atoms with Gasteiger partial charge in [0.2, 0.25) is 0 Å². The summed E-state index contributed by atoms with van der Waals surface area (Å²) in [7, 11) is 0. The first kappa shape index (κ1) is 16.6. The van der Waals surface area contributed by atoms with Gasteiger partial charge in [0.1, 0.15) is 0 Å². The predicted molar refractivity (Wildman–Crippen MR) is 88.7 cm³/mol. The summed E-state index contributed by atoms with van der Waals surface area (Å²) in [6, 6.07) is 5.69. The van der Waals surface area contributed by atoms with Crippen LogP contribution in [-0.4, -0.2) is 47.9 Å². The van der Waals surface area contributed by atoms with Gasteiger partial charge in [0.25, 0.3) is 0 Å². The topological polar surface area (TPSA) is 61.8 Å². The molecule has 0 bridgehead atoms. The largest absolute Gasteiger partial charge is 0.393 e. The van der Waals surface area contributed by atoms with Gasteiger partial charge in [-0.1, -0.05) is 23.7 Å². The molecule has 126 valence electrons. The summed E-state index contributed by atoms with van der Waals surface area (Å²) in [5.74, 6) is 0. The number of aliphatic hydroxyl groups excluding tert-OH is 1. The van der Waals surface area contributed by atoms with Crippen LogP contribution in [0.1, 0.15) is 36.9 Å². The molecule has 2 aliphatic rings. The molecule has 0 unspecified atom stereocenters. The Kier molecular flexibility index (Phi) is 5.09. The second-order valence-corrected chi connectivity index (χ2v) is 6.76. The third-order valence-electron chi connectivity index (χ3n) is 4.61.